The molecule has 0 radical (unpaired) electrons. The van der Waals surface area contributed by atoms with Gasteiger partial charge in [-0.25, -0.2) is 0 Å². The first-order valence-electron chi connectivity index (χ1n) is 5.39. The fourth-order valence-corrected chi connectivity index (χ4v) is 1.97. The molecule has 1 aliphatic heterocycles. The van der Waals surface area contributed by atoms with Crippen LogP contribution in [0.1, 0.15) is 33.6 Å². The monoisotopic (exact) mass is 213 g/mol. The van der Waals surface area contributed by atoms with E-state index >= 15 is 0 Å². The molecular weight excluding hydrogens is 194 g/mol. The van der Waals surface area contributed by atoms with Gasteiger partial charge in [-0.15, -0.1) is 0 Å². The van der Waals surface area contributed by atoms with Crippen molar-refractivity contribution in [3.05, 3.63) is 0 Å². The van der Waals surface area contributed by atoms with E-state index in [2.05, 4.69) is 0 Å². The van der Waals surface area contributed by atoms with Crippen LogP contribution in [0.4, 0.5) is 0 Å². The van der Waals surface area contributed by atoms with Gasteiger partial charge in [0.15, 0.2) is 0 Å². The Labute approximate surface area is 90.3 Å². The number of aliphatic carboxylic acids is 1. The first kappa shape index (κ1) is 12.0. The molecule has 0 aromatic heterocycles. The average molecular weight is 213 g/mol. The Kier molecular flexibility index (Phi) is 3.37. The van der Waals surface area contributed by atoms with Gasteiger partial charge in [-0.3, -0.25) is 9.59 Å². The third-order valence-electron chi connectivity index (χ3n) is 3.02. The maximum Gasteiger partial charge on any atom is 0.311 e. The topological polar surface area (TPSA) is 57.6 Å². The molecule has 1 atom stereocenters. The molecule has 86 valence electrons. The van der Waals surface area contributed by atoms with E-state index in [1.54, 1.807) is 11.8 Å². The number of carbonyl (C=O) groups excluding carboxylic acids is 1. The molecule has 0 aromatic carbocycles. The Hall–Kier alpha value is -1.06. The van der Waals surface area contributed by atoms with E-state index in [9.17, 15) is 9.59 Å². The largest absolute Gasteiger partial charge is 0.481 e. The third-order valence-corrected chi connectivity index (χ3v) is 3.02. The molecule has 1 amide bonds. The van der Waals surface area contributed by atoms with Crippen molar-refractivity contribution in [1.82, 2.24) is 4.90 Å². The van der Waals surface area contributed by atoms with Crippen LogP contribution in [-0.4, -0.2) is 35.0 Å². The van der Waals surface area contributed by atoms with Crippen LogP contribution in [0.2, 0.25) is 0 Å². The Bertz CT molecular complexity index is 275. The normalized spacial score (nSPS) is 26.8. The lowest BCUT2D eigenvalue weighted by molar-refractivity contribution is -0.154. The van der Waals surface area contributed by atoms with Crippen LogP contribution in [0.5, 0.6) is 0 Å². The molecule has 1 heterocycles. The van der Waals surface area contributed by atoms with Crippen molar-refractivity contribution in [2.24, 2.45) is 11.3 Å². The van der Waals surface area contributed by atoms with Gasteiger partial charge < -0.3 is 10.0 Å². The van der Waals surface area contributed by atoms with Gasteiger partial charge >= 0.3 is 5.97 Å². The minimum Gasteiger partial charge on any atom is -0.481 e. The molecule has 1 rings (SSSR count). The Morgan fingerprint density at radius 2 is 2.00 bits per heavy atom. The first-order chi connectivity index (χ1) is 6.87. The van der Waals surface area contributed by atoms with E-state index in [1.165, 1.54) is 0 Å². The van der Waals surface area contributed by atoms with E-state index in [0.717, 1.165) is 6.42 Å². The molecule has 0 aromatic rings. The highest BCUT2D eigenvalue weighted by atomic mass is 16.4. The molecule has 1 fully saturated rings. The van der Waals surface area contributed by atoms with Crippen molar-refractivity contribution in [3.8, 4) is 0 Å². The molecule has 0 spiro atoms. The Balaban J connectivity index is 2.72. The summed E-state index contributed by atoms with van der Waals surface area (Å²) in [5, 5.41) is 9.10. The lowest BCUT2D eigenvalue weighted by Crippen LogP contribution is -2.49. The standard InChI is InChI=1S/C11H19NO3/c1-8(2)9(13)12-6-4-5-11(3,7-12)10(14)15/h8H,4-7H2,1-3H3,(H,14,15). The number of likely N-dealkylation sites (tertiary alicyclic amines) is 1. The van der Waals surface area contributed by atoms with Crippen LogP contribution in [0.3, 0.4) is 0 Å². The van der Waals surface area contributed by atoms with Gasteiger partial charge in [-0.1, -0.05) is 13.8 Å². The number of piperidine rings is 1. The predicted octanol–water partition coefficient (Wildman–Crippen LogP) is 1.36. The molecule has 1 saturated heterocycles. The highest BCUT2D eigenvalue weighted by Crippen LogP contribution is 2.30. The molecule has 0 saturated carbocycles. The van der Waals surface area contributed by atoms with Crippen molar-refractivity contribution in [2.45, 2.75) is 33.6 Å². The highest BCUT2D eigenvalue weighted by molar-refractivity contribution is 5.80. The first-order valence-corrected chi connectivity index (χ1v) is 5.39. The number of hydrogen-bond acceptors (Lipinski definition) is 2. The van der Waals surface area contributed by atoms with Gasteiger partial charge in [0.25, 0.3) is 0 Å². The second-order valence-electron chi connectivity index (χ2n) is 4.88. The van der Waals surface area contributed by atoms with E-state index < -0.39 is 11.4 Å². The smallest absolute Gasteiger partial charge is 0.311 e. The van der Waals surface area contributed by atoms with Crippen molar-refractivity contribution in [2.75, 3.05) is 13.1 Å². The van der Waals surface area contributed by atoms with Gasteiger partial charge in [-0.05, 0) is 19.8 Å². The Morgan fingerprint density at radius 1 is 1.40 bits per heavy atom. The second-order valence-corrected chi connectivity index (χ2v) is 4.88. The van der Waals surface area contributed by atoms with E-state index in [0.29, 0.717) is 19.5 Å². The van der Waals surface area contributed by atoms with Crippen LogP contribution in [0.15, 0.2) is 0 Å². The van der Waals surface area contributed by atoms with E-state index in [4.69, 9.17) is 5.11 Å². The molecule has 1 unspecified atom stereocenters. The lowest BCUT2D eigenvalue weighted by Gasteiger charge is -2.38. The van der Waals surface area contributed by atoms with Gasteiger partial charge in [0.2, 0.25) is 5.91 Å². The van der Waals surface area contributed by atoms with Crippen molar-refractivity contribution < 1.29 is 14.7 Å². The zero-order valence-electron chi connectivity index (χ0n) is 9.62. The summed E-state index contributed by atoms with van der Waals surface area (Å²) < 4.78 is 0. The zero-order valence-corrected chi connectivity index (χ0v) is 9.62. The summed E-state index contributed by atoms with van der Waals surface area (Å²) in [6, 6.07) is 0. The summed E-state index contributed by atoms with van der Waals surface area (Å²) in [5.41, 5.74) is -0.761. The van der Waals surface area contributed by atoms with Gasteiger partial charge in [0.1, 0.15) is 0 Å². The predicted molar refractivity (Wildman–Crippen MR) is 56.4 cm³/mol. The van der Waals surface area contributed by atoms with Crippen LogP contribution in [0.25, 0.3) is 0 Å². The third kappa shape index (κ3) is 2.49. The summed E-state index contributed by atoms with van der Waals surface area (Å²) in [5.74, 6) is -0.799. The number of rotatable bonds is 2. The summed E-state index contributed by atoms with van der Waals surface area (Å²) >= 11 is 0. The highest BCUT2D eigenvalue weighted by Gasteiger charge is 2.39. The fourth-order valence-electron chi connectivity index (χ4n) is 1.97. The number of nitrogens with zero attached hydrogens (tertiary/aromatic N) is 1. The van der Waals surface area contributed by atoms with Crippen LogP contribution < -0.4 is 0 Å². The van der Waals surface area contributed by atoms with Crippen LogP contribution in [-0.2, 0) is 9.59 Å². The SMILES string of the molecule is CC(C)C(=O)N1CCCC(C)(C(=O)O)C1. The zero-order chi connectivity index (χ0) is 11.6. The number of carbonyl (C=O) groups is 2. The van der Waals surface area contributed by atoms with Crippen LogP contribution >= 0.6 is 0 Å². The quantitative estimate of drug-likeness (QED) is 0.753. The molecule has 0 bridgehead atoms. The molecule has 1 N–H and O–H groups in total. The van der Waals surface area contributed by atoms with E-state index in [-0.39, 0.29) is 11.8 Å². The van der Waals surface area contributed by atoms with Gasteiger partial charge in [-0.2, -0.15) is 0 Å². The molecule has 15 heavy (non-hydrogen) atoms. The van der Waals surface area contributed by atoms with Crippen molar-refractivity contribution in [3.63, 3.8) is 0 Å². The second kappa shape index (κ2) is 4.21. The molecule has 4 nitrogen and oxygen atoms in total. The maximum atomic E-state index is 11.7. The van der Waals surface area contributed by atoms with Crippen molar-refractivity contribution >= 4 is 11.9 Å². The minimum absolute atomic E-state index is 0.0545. The molecule has 4 heteroatoms. The summed E-state index contributed by atoms with van der Waals surface area (Å²) in [4.78, 5) is 24.5. The summed E-state index contributed by atoms with van der Waals surface area (Å²) in [7, 11) is 0. The minimum atomic E-state index is -0.802. The van der Waals surface area contributed by atoms with Gasteiger partial charge in [0, 0.05) is 19.0 Å². The Morgan fingerprint density at radius 3 is 2.47 bits per heavy atom. The summed E-state index contributed by atoms with van der Waals surface area (Å²) in [6.45, 7) is 6.44. The molecular formula is C11H19NO3. The molecule has 1 aliphatic rings. The molecule has 0 aliphatic carbocycles. The maximum absolute atomic E-state index is 11.7. The lowest BCUT2D eigenvalue weighted by atomic mass is 9.82. The number of hydrogen-bond donors (Lipinski definition) is 1. The van der Waals surface area contributed by atoms with Gasteiger partial charge in [0.05, 0.1) is 5.41 Å². The van der Waals surface area contributed by atoms with Crippen LogP contribution in [0, 0.1) is 11.3 Å². The summed E-state index contributed by atoms with van der Waals surface area (Å²) in [6.07, 6.45) is 1.44. The number of carboxylic acids is 1. The van der Waals surface area contributed by atoms with Crippen molar-refractivity contribution in [1.29, 1.82) is 0 Å². The average Bonchev–Trinajstić information content (AvgIpc) is 2.16. The number of carboxylic acid groups (broad SMARTS) is 1. The fraction of sp³-hybridized carbons (Fsp3) is 0.818. The number of amides is 1. The van der Waals surface area contributed by atoms with E-state index in [1.807, 2.05) is 13.8 Å².